The Bertz CT molecular complexity index is 273. The van der Waals surface area contributed by atoms with Gasteiger partial charge in [0.2, 0.25) is 0 Å². The van der Waals surface area contributed by atoms with Crippen LogP contribution >= 0.6 is 0 Å². The summed E-state index contributed by atoms with van der Waals surface area (Å²) in [6.07, 6.45) is 5.21. The highest BCUT2D eigenvalue weighted by Gasteiger charge is 2.32. The molecule has 0 spiro atoms. The molecule has 0 aromatic carbocycles. The van der Waals surface area contributed by atoms with Crippen LogP contribution in [0.5, 0.6) is 0 Å². The van der Waals surface area contributed by atoms with Crippen molar-refractivity contribution in [3.63, 3.8) is 0 Å². The smallest absolute Gasteiger partial charge is 0.167 e. The summed E-state index contributed by atoms with van der Waals surface area (Å²) >= 11 is 0. The van der Waals surface area contributed by atoms with E-state index in [1.807, 2.05) is 6.07 Å². The topological polar surface area (TPSA) is 58.9 Å². The first-order chi connectivity index (χ1) is 5.77. The Morgan fingerprint density at radius 3 is 2.83 bits per heavy atom. The zero-order valence-electron chi connectivity index (χ0n) is 6.79. The highest BCUT2D eigenvalue weighted by atomic mass is 16.1. The van der Waals surface area contributed by atoms with Crippen LogP contribution in [0.4, 0.5) is 0 Å². The van der Waals surface area contributed by atoms with Gasteiger partial charge in [-0.1, -0.05) is 0 Å². The number of hydrogen-bond donors (Lipinski definition) is 2. The standard InChI is InChI=1S/C9H12N2O/c10-8-3-7(4-8)9(12)6-1-2-11-5-6/h1-2,5,7-8,11H,3-4,10H2. The molecular weight excluding hydrogens is 152 g/mol. The monoisotopic (exact) mass is 164 g/mol. The second-order valence-corrected chi connectivity index (χ2v) is 3.39. The molecule has 3 heteroatoms. The summed E-state index contributed by atoms with van der Waals surface area (Å²) in [5, 5.41) is 0. The van der Waals surface area contributed by atoms with Crippen molar-refractivity contribution in [1.82, 2.24) is 4.98 Å². The van der Waals surface area contributed by atoms with Crippen molar-refractivity contribution in [3.8, 4) is 0 Å². The van der Waals surface area contributed by atoms with Gasteiger partial charge in [0, 0.05) is 29.9 Å². The molecule has 3 N–H and O–H groups in total. The van der Waals surface area contributed by atoms with Crippen LogP contribution in [0.3, 0.4) is 0 Å². The Labute approximate surface area is 71.0 Å². The van der Waals surface area contributed by atoms with E-state index in [0.717, 1.165) is 18.4 Å². The van der Waals surface area contributed by atoms with Crippen LogP contribution in [0.15, 0.2) is 18.5 Å². The lowest BCUT2D eigenvalue weighted by atomic mass is 9.77. The van der Waals surface area contributed by atoms with Crippen molar-refractivity contribution in [3.05, 3.63) is 24.0 Å². The van der Waals surface area contributed by atoms with Gasteiger partial charge in [0.25, 0.3) is 0 Å². The lowest BCUT2D eigenvalue weighted by Gasteiger charge is -2.30. The van der Waals surface area contributed by atoms with Gasteiger partial charge in [0.15, 0.2) is 5.78 Å². The normalized spacial score (nSPS) is 28.1. The van der Waals surface area contributed by atoms with E-state index in [9.17, 15) is 4.79 Å². The zero-order valence-corrected chi connectivity index (χ0v) is 6.79. The van der Waals surface area contributed by atoms with Crippen LogP contribution in [-0.4, -0.2) is 16.8 Å². The second kappa shape index (κ2) is 2.75. The van der Waals surface area contributed by atoms with Gasteiger partial charge in [0.05, 0.1) is 0 Å². The van der Waals surface area contributed by atoms with Gasteiger partial charge in [-0.2, -0.15) is 0 Å². The number of rotatable bonds is 2. The molecule has 0 bridgehead atoms. The molecule has 0 saturated heterocycles. The lowest BCUT2D eigenvalue weighted by Crippen LogP contribution is -2.40. The average molecular weight is 164 g/mol. The Balaban J connectivity index is 2.03. The van der Waals surface area contributed by atoms with Gasteiger partial charge in [-0.15, -0.1) is 0 Å². The number of H-pyrrole nitrogens is 1. The van der Waals surface area contributed by atoms with Crippen LogP contribution in [0, 0.1) is 5.92 Å². The number of aromatic amines is 1. The molecule has 3 nitrogen and oxygen atoms in total. The predicted molar refractivity (Wildman–Crippen MR) is 45.8 cm³/mol. The number of ketones is 1. The van der Waals surface area contributed by atoms with Crippen LogP contribution in [-0.2, 0) is 0 Å². The minimum Gasteiger partial charge on any atom is -0.367 e. The van der Waals surface area contributed by atoms with E-state index in [1.54, 1.807) is 12.4 Å². The predicted octanol–water partition coefficient (Wildman–Crippen LogP) is 0.935. The third-order valence-corrected chi connectivity index (χ3v) is 2.43. The summed E-state index contributed by atoms with van der Waals surface area (Å²) in [4.78, 5) is 14.4. The molecule has 0 unspecified atom stereocenters. The maximum atomic E-state index is 11.6. The summed E-state index contributed by atoms with van der Waals surface area (Å²) < 4.78 is 0. The average Bonchev–Trinajstić information content (AvgIpc) is 2.49. The first-order valence-electron chi connectivity index (χ1n) is 4.20. The summed E-state index contributed by atoms with van der Waals surface area (Å²) in [7, 11) is 0. The highest BCUT2D eigenvalue weighted by Crippen LogP contribution is 2.28. The molecule has 1 saturated carbocycles. The minimum atomic E-state index is 0.177. The quantitative estimate of drug-likeness (QED) is 0.639. The fourth-order valence-electron chi connectivity index (χ4n) is 1.59. The van der Waals surface area contributed by atoms with Crippen LogP contribution < -0.4 is 5.73 Å². The first kappa shape index (κ1) is 7.55. The number of nitrogens with one attached hydrogen (secondary N) is 1. The first-order valence-corrected chi connectivity index (χ1v) is 4.20. The molecule has 1 fully saturated rings. The van der Waals surface area contributed by atoms with E-state index < -0.39 is 0 Å². The SMILES string of the molecule is NC1CC(C(=O)c2cc[nH]c2)C1. The van der Waals surface area contributed by atoms with Gasteiger partial charge >= 0.3 is 0 Å². The fraction of sp³-hybridized carbons (Fsp3) is 0.444. The summed E-state index contributed by atoms with van der Waals surface area (Å²) in [6.45, 7) is 0. The Hall–Kier alpha value is -1.09. The highest BCUT2D eigenvalue weighted by molar-refractivity contribution is 5.98. The third kappa shape index (κ3) is 1.16. The van der Waals surface area contributed by atoms with Gasteiger partial charge < -0.3 is 10.7 Å². The molecule has 1 aromatic heterocycles. The van der Waals surface area contributed by atoms with Crippen molar-refractivity contribution in [2.75, 3.05) is 0 Å². The molecule has 1 heterocycles. The lowest BCUT2D eigenvalue weighted by molar-refractivity contribution is 0.0833. The number of aromatic nitrogens is 1. The van der Waals surface area contributed by atoms with E-state index in [2.05, 4.69) is 4.98 Å². The Morgan fingerprint density at radius 2 is 2.33 bits per heavy atom. The molecule has 0 amide bonds. The van der Waals surface area contributed by atoms with Crippen molar-refractivity contribution in [2.45, 2.75) is 18.9 Å². The van der Waals surface area contributed by atoms with Gasteiger partial charge in [-0.25, -0.2) is 0 Å². The van der Waals surface area contributed by atoms with Gasteiger partial charge in [0.1, 0.15) is 0 Å². The minimum absolute atomic E-state index is 0.177. The van der Waals surface area contributed by atoms with Crippen LogP contribution in [0.2, 0.25) is 0 Å². The van der Waals surface area contributed by atoms with Gasteiger partial charge in [-0.05, 0) is 18.9 Å². The molecule has 1 aliphatic rings. The zero-order chi connectivity index (χ0) is 8.55. The molecule has 1 aliphatic carbocycles. The van der Waals surface area contributed by atoms with Crippen molar-refractivity contribution >= 4 is 5.78 Å². The summed E-state index contributed by atoms with van der Waals surface area (Å²) in [5.41, 5.74) is 6.38. The second-order valence-electron chi connectivity index (χ2n) is 3.39. The molecule has 2 rings (SSSR count). The molecule has 0 aliphatic heterocycles. The van der Waals surface area contributed by atoms with E-state index in [1.165, 1.54) is 0 Å². The Kier molecular flexibility index (Phi) is 1.73. The number of carbonyl (C=O) groups is 1. The molecular formula is C9H12N2O. The summed E-state index contributed by atoms with van der Waals surface area (Å²) in [6, 6.07) is 2.06. The van der Waals surface area contributed by atoms with E-state index >= 15 is 0 Å². The maximum absolute atomic E-state index is 11.6. The van der Waals surface area contributed by atoms with Crippen molar-refractivity contribution < 1.29 is 4.79 Å². The molecule has 0 radical (unpaired) electrons. The number of hydrogen-bond acceptors (Lipinski definition) is 2. The van der Waals surface area contributed by atoms with Crippen LogP contribution in [0.1, 0.15) is 23.2 Å². The van der Waals surface area contributed by atoms with Gasteiger partial charge in [-0.3, -0.25) is 4.79 Å². The molecule has 12 heavy (non-hydrogen) atoms. The number of carbonyl (C=O) groups excluding carboxylic acids is 1. The van der Waals surface area contributed by atoms with E-state index in [4.69, 9.17) is 5.73 Å². The van der Waals surface area contributed by atoms with Crippen molar-refractivity contribution in [1.29, 1.82) is 0 Å². The number of Topliss-reactive ketones (excluding diaryl/α,β-unsaturated/α-hetero) is 1. The maximum Gasteiger partial charge on any atom is 0.167 e. The van der Waals surface area contributed by atoms with E-state index in [-0.39, 0.29) is 17.7 Å². The van der Waals surface area contributed by atoms with Crippen molar-refractivity contribution in [2.24, 2.45) is 11.7 Å². The largest absolute Gasteiger partial charge is 0.367 e. The van der Waals surface area contributed by atoms with Crippen LogP contribution in [0.25, 0.3) is 0 Å². The molecule has 1 aromatic rings. The fourth-order valence-corrected chi connectivity index (χ4v) is 1.59. The Morgan fingerprint density at radius 1 is 1.58 bits per heavy atom. The molecule has 64 valence electrons. The van der Waals surface area contributed by atoms with E-state index in [0.29, 0.717) is 0 Å². The summed E-state index contributed by atoms with van der Waals surface area (Å²) in [5.74, 6) is 0.411. The molecule has 0 atom stereocenters. The number of nitrogens with two attached hydrogens (primary N) is 1. The third-order valence-electron chi connectivity index (χ3n) is 2.43.